The van der Waals surface area contributed by atoms with Gasteiger partial charge in [-0.15, -0.1) is 0 Å². The molecular formula is C12H10N2O2. The smallest absolute Gasteiger partial charge is 0.169 e. The van der Waals surface area contributed by atoms with Crippen LogP contribution in [0.4, 0.5) is 0 Å². The highest BCUT2D eigenvalue weighted by Crippen LogP contribution is 2.04. The van der Waals surface area contributed by atoms with Crippen LogP contribution in [0.2, 0.25) is 0 Å². The molecular weight excluding hydrogens is 204 g/mol. The highest BCUT2D eigenvalue weighted by atomic mass is 16.5. The van der Waals surface area contributed by atoms with Crippen LogP contribution in [0.15, 0.2) is 41.7 Å². The third kappa shape index (κ3) is 3.45. The van der Waals surface area contributed by atoms with Gasteiger partial charge in [0.15, 0.2) is 5.57 Å². The van der Waals surface area contributed by atoms with Crippen molar-refractivity contribution in [3.05, 3.63) is 47.2 Å². The maximum Gasteiger partial charge on any atom is 0.169 e. The molecule has 0 unspecified atom stereocenters. The van der Waals surface area contributed by atoms with Crippen molar-refractivity contribution >= 4 is 0 Å². The molecule has 80 valence electrons. The minimum atomic E-state index is -0.332. The van der Waals surface area contributed by atoms with E-state index >= 15 is 0 Å². The van der Waals surface area contributed by atoms with Gasteiger partial charge in [-0.25, -0.2) is 0 Å². The van der Waals surface area contributed by atoms with Crippen LogP contribution in [0, 0.1) is 22.7 Å². The van der Waals surface area contributed by atoms with Gasteiger partial charge in [0.25, 0.3) is 0 Å². The van der Waals surface area contributed by atoms with Crippen molar-refractivity contribution in [2.45, 2.75) is 6.61 Å². The van der Waals surface area contributed by atoms with Crippen LogP contribution in [0.1, 0.15) is 5.56 Å². The van der Waals surface area contributed by atoms with Crippen molar-refractivity contribution in [1.82, 2.24) is 0 Å². The summed E-state index contributed by atoms with van der Waals surface area (Å²) in [6.45, 7) is 0.195. The van der Waals surface area contributed by atoms with E-state index in [1.54, 1.807) is 12.1 Å². The molecule has 0 bridgehead atoms. The van der Waals surface area contributed by atoms with E-state index in [-0.39, 0.29) is 17.9 Å². The van der Waals surface area contributed by atoms with Gasteiger partial charge in [0.1, 0.15) is 24.5 Å². The first-order chi connectivity index (χ1) is 7.77. The molecule has 4 nitrogen and oxygen atoms in total. The summed E-state index contributed by atoms with van der Waals surface area (Å²) in [5.74, 6) is -0.332. The van der Waals surface area contributed by atoms with Crippen LogP contribution in [0.25, 0.3) is 0 Å². The second-order valence-corrected chi connectivity index (χ2v) is 3.02. The molecule has 0 aliphatic carbocycles. The largest absolute Gasteiger partial charge is 0.508 e. The van der Waals surface area contributed by atoms with E-state index in [9.17, 15) is 5.11 Å². The summed E-state index contributed by atoms with van der Waals surface area (Å²) >= 11 is 0. The highest BCUT2D eigenvalue weighted by molar-refractivity contribution is 5.37. The Balaban J connectivity index is 2.46. The van der Waals surface area contributed by atoms with Crippen molar-refractivity contribution in [1.29, 1.82) is 10.5 Å². The quantitative estimate of drug-likeness (QED) is 0.614. The average molecular weight is 214 g/mol. The maximum atomic E-state index is 9.30. The van der Waals surface area contributed by atoms with Crippen LogP contribution in [-0.2, 0) is 11.3 Å². The molecule has 0 saturated carbocycles. The normalized spacial score (nSPS) is 8.88. The van der Waals surface area contributed by atoms with E-state index in [0.717, 1.165) is 5.56 Å². The van der Waals surface area contributed by atoms with Crippen molar-refractivity contribution < 1.29 is 9.84 Å². The van der Waals surface area contributed by atoms with E-state index in [4.69, 9.17) is 15.3 Å². The molecule has 1 rings (SSSR count). The molecule has 0 atom stereocenters. The van der Waals surface area contributed by atoms with Crippen molar-refractivity contribution in [3.63, 3.8) is 0 Å². The van der Waals surface area contributed by atoms with Gasteiger partial charge in [0.2, 0.25) is 0 Å². The standard InChI is InChI=1S/C12H10N2O2/c13-6-11(7-14)12(15)9-16-8-10-4-2-1-3-5-10/h1-5,15H,8-9H2. The molecule has 0 spiro atoms. The summed E-state index contributed by atoms with van der Waals surface area (Å²) in [5.41, 5.74) is 0.652. The Labute approximate surface area is 93.6 Å². The fraction of sp³-hybridized carbons (Fsp3) is 0.167. The zero-order valence-electron chi connectivity index (χ0n) is 8.55. The Morgan fingerprint density at radius 3 is 2.38 bits per heavy atom. The number of hydrogen-bond donors (Lipinski definition) is 1. The van der Waals surface area contributed by atoms with Gasteiger partial charge >= 0.3 is 0 Å². The first-order valence-electron chi connectivity index (χ1n) is 4.62. The second kappa shape index (κ2) is 6.23. The predicted molar refractivity (Wildman–Crippen MR) is 57.0 cm³/mol. The fourth-order valence-electron chi connectivity index (χ4n) is 1.07. The number of ether oxygens (including phenoxy) is 1. The van der Waals surface area contributed by atoms with E-state index in [1.807, 2.05) is 30.3 Å². The number of rotatable bonds is 4. The van der Waals surface area contributed by atoms with Crippen LogP contribution < -0.4 is 0 Å². The lowest BCUT2D eigenvalue weighted by atomic mass is 10.2. The molecule has 0 aliphatic rings. The molecule has 0 fully saturated rings. The van der Waals surface area contributed by atoms with Crippen LogP contribution in [0.3, 0.4) is 0 Å². The Morgan fingerprint density at radius 1 is 1.19 bits per heavy atom. The lowest BCUT2D eigenvalue weighted by Gasteiger charge is -2.03. The molecule has 0 aliphatic heterocycles. The number of aliphatic hydroxyl groups is 1. The third-order valence-electron chi connectivity index (χ3n) is 1.86. The van der Waals surface area contributed by atoms with Gasteiger partial charge in [-0.05, 0) is 5.56 Å². The molecule has 0 radical (unpaired) electrons. The Morgan fingerprint density at radius 2 is 1.81 bits per heavy atom. The average Bonchev–Trinajstić information content (AvgIpc) is 2.32. The van der Waals surface area contributed by atoms with Crippen LogP contribution in [0.5, 0.6) is 0 Å². The first-order valence-corrected chi connectivity index (χ1v) is 4.62. The monoisotopic (exact) mass is 214 g/mol. The SMILES string of the molecule is N#CC(C#N)=C(O)COCc1ccccc1. The summed E-state index contributed by atoms with van der Waals surface area (Å²) in [4.78, 5) is 0. The molecule has 0 aromatic heterocycles. The van der Waals surface area contributed by atoms with Gasteiger partial charge in [-0.3, -0.25) is 0 Å². The zero-order chi connectivity index (χ0) is 11.8. The van der Waals surface area contributed by atoms with E-state index < -0.39 is 0 Å². The second-order valence-electron chi connectivity index (χ2n) is 3.02. The molecule has 0 heterocycles. The Bertz CT molecular complexity index is 436. The molecule has 1 aromatic carbocycles. The summed E-state index contributed by atoms with van der Waals surface area (Å²) in [5, 5.41) is 26.2. The molecule has 1 N–H and O–H groups in total. The van der Waals surface area contributed by atoms with E-state index in [0.29, 0.717) is 6.61 Å². The molecule has 1 aromatic rings. The van der Waals surface area contributed by atoms with Gasteiger partial charge < -0.3 is 9.84 Å². The topological polar surface area (TPSA) is 77.0 Å². The Hall–Kier alpha value is -2.30. The molecule has 0 saturated heterocycles. The third-order valence-corrected chi connectivity index (χ3v) is 1.86. The minimum Gasteiger partial charge on any atom is -0.508 e. The number of aliphatic hydroxyl groups excluding tert-OH is 1. The van der Waals surface area contributed by atoms with Crippen LogP contribution in [-0.4, -0.2) is 11.7 Å². The van der Waals surface area contributed by atoms with Gasteiger partial charge in [0.05, 0.1) is 6.61 Å². The fourth-order valence-corrected chi connectivity index (χ4v) is 1.07. The van der Waals surface area contributed by atoms with Gasteiger partial charge in [0, 0.05) is 0 Å². The van der Waals surface area contributed by atoms with E-state index in [2.05, 4.69) is 0 Å². The molecule has 4 heteroatoms. The number of nitrogens with zero attached hydrogens (tertiary/aromatic N) is 2. The van der Waals surface area contributed by atoms with Crippen molar-refractivity contribution in [2.75, 3.05) is 6.61 Å². The maximum absolute atomic E-state index is 9.30. The van der Waals surface area contributed by atoms with E-state index in [1.165, 1.54) is 0 Å². The number of allylic oxidation sites excluding steroid dienone is 1. The first kappa shape index (κ1) is 11.8. The van der Waals surface area contributed by atoms with Crippen molar-refractivity contribution in [3.8, 4) is 12.1 Å². The van der Waals surface area contributed by atoms with Gasteiger partial charge in [-0.2, -0.15) is 10.5 Å². The summed E-state index contributed by atoms with van der Waals surface area (Å²) in [6, 6.07) is 12.6. The lowest BCUT2D eigenvalue weighted by molar-refractivity contribution is 0.115. The van der Waals surface area contributed by atoms with Crippen LogP contribution >= 0.6 is 0 Å². The zero-order valence-corrected chi connectivity index (χ0v) is 8.55. The molecule has 0 amide bonds. The van der Waals surface area contributed by atoms with Gasteiger partial charge in [-0.1, -0.05) is 30.3 Å². The summed E-state index contributed by atoms with van der Waals surface area (Å²) < 4.78 is 5.16. The number of hydrogen-bond acceptors (Lipinski definition) is 4. The minimum absolute atomic E-state index is 0.134. The highest BCUT2D eigenvalue weighted by Gasteiger charge is 2.03. The predicted octanol–water partition coefficient (Wildman–Crippen LogP) is 2.06. The van der Waals surface area contributed by atoms with Crippen molar-refractivity contribution in [2.24, 2.45) is 0 Å². The number of benzene rings is 1. The summed E-state index contributed by atoms with van der Waals surface area (Å²) in [7, 11) is 0. The lowest BCUT2D eigenvalue weighted by Crippen LogP contribution is -2.00. The number of nitriles is 2. The summed E-state index contributed by atoms with van der Waals surface area (Å²) in [6.07, 6.45) is 0. The Kier molecular flexibility index (Phi) is 4.59. The molecule has 16 heavy (non-hydrogen) atoms.